The van der Waals surface area contributed by atoms with Gasteiger partial charge in [0.15, 0.2) is 5.69 Å². The van der Waals surface area contributed by atoms with Gasteiger partial charge in [0, 0.05) is 19.6 Å². The number of nitrogen functional groups attached to an aromatic ring is 1. The van der Waals surface area contributed by atoms with Crippen molar-refractivity contribution in [1.29, 1.82) is 0 Å². The zero-order valence-electron chi connectivity index (χ0n) is 18.6. The summed E-state index contributed by atoms with van der Waals surface area (Å²) in [6, 6.07) is 6.23. The molecule has 0 spiro atoms. The first-order chi connectivity index (χ1) is 14.2. The number of likely N-dealkylation sites (N-methyl/N-ethyl adjacent to an activating group) is 2. The van der Waals surface area contributed by atoms with Crippen molar-refractivity contribution in [2.75, 3.05) is 30.8 Å². The smallest absolute Gasteiger partial charge is 0.330 e. The van der Waals surface area contributed by atoms with Gasteiger partial charge >= 0.3 is 5.69 Å². The van der Waals surface area contributed by atoms with Crippen LogP contribution in [-0.4, -0.2) is 40.5 Å². The number of aromatic nitrogens is 2. The highest BCUT2D eigenvalue weighted by atomic mass is 16.2. The lowest BCUT2D eigenvalue weighted by atomic mass is 10.1. The Morgan fingerprint density at radius 3 is 2.50 bits per heavy atom. The molecule has 0 aliphatic rings. The van der Waals surface area contributed by atoms with Crippen LogP contribution in [-0.2, 0) is 17.9 Å². The van der Waals surface area contributed by atoms with Gasteiger partial charge < -0.3 is 10.6 Å². The van der Waals surface area contributed by atoms with Crippen LogP contribution < -0.4 is 21.9 Å². The van der Waals surface area contributed by atoms with Crippen molar-refractivity contribution in [2.24, 2.45) is 0 Å². The van der Waals surface area contributed by atoms with E-state index in [2.05, 4.69) is 30.1 Å². The Morgan fingerprint density at radius 1 is 1.20 bits per heavy atom. The molecule has 0 radical (unpaired) electrons. The summed E-state index contributed by atoms with van der Waals surface area (Å²) in [4.78, 5) is 43.2. The molecule has 0 fully saturated rings. The summed E-state index contributed by atoms with van der Waals surface area (Å²) in [5, 5.41) is 0. The van der Waals surface area contributed by atoms with E-state index in [0.29, 0.717) is 13.1 Å². The predicted molar refractivity (Wildman–Crippen MR) is 121 cm³/mol. The van der Waals surface area contributed by atoms with Gasteiger partial charge in [-0.05, 0) is 45.4 Å². The third-order valence-corrected chi connectivity index (χ3v) is 5.18. The summed E-state index contributed by atoms with van der Waals surface area (Å²) in [6.45, 7) is 9.27. The fourth-order valence-corrected chi connectivity index (χ4v) is 3.52. The van der Waals surface area contributed by atoms with Crippen LogP contribution in [0.15, 0.2) is 27.8 Å². The van der Waals surface area contributed by atoms with E-state index in [9.17, 15) is 14.4 Å². The highest BCUT2D eigenvalue weighted by Gasteiger charge is 2.23. The largest absolute Gasteiger partial charge is 0.383 e. The maximum Gasteiger partial charge on any atom is 0.330 e. The molecule has 3 N–H and O–H groups in total. The molecule has 2 aromatic rings. The van der Waals surface area contributed by atoms with Gasteiger partial charge in [-0.3, -0.25) is 24.0 Å². The number of nitrogens with two attached hydrogens (primary N) is 1. The van der Waals surface area contributed by atoms with Crippen LogP contribution in [0.1, 0.15) is 43.4 Å². The first kappa shape index (κ1) is 23.4. The molecule has 0 saturated carbocycles. The normalized spacial score (nSPS) is 11.1. The molecule has 164 valence electrons. The Labute approximate surface area is 177 Å². The van der Waals surface area contributed by atoms with E-state index in [1.807, 2.05) is 25.8 Å². The lowest BCUT2D eigenvalue weighted by Crippen LogP contribution is -2.44. The van der Waals surface area contributed by atoms with E-state index in [0.717, 1.165) is 18.4 Å². The molecular formula is C22H33N5O3. The Hall–Kier alpha value is -2.87. The number of carbonyl (C=O) groups is 1. The fraction of sp³-hybridized carbons (Fsp3) is 0.500. The molecule has 0 saturated heterocycles. The van der Waals surface area contributed by atoms with Crippen LogP contribution in [0.2, 0.25) is 0 Å². The summed E-state index contributed by atoms with van der Waals surface area (Å²) in [5.74, 6) is -0.216. The summed E-state index contributed by atoms with van der Waals surface area (Å²) >= 11 is 0. The van der Waals surface area contributed by atoms with E-state index in [-0.39, 0.29) is 30.5 Å². The summed E-state index contributed by atoms with van der Waals surface area (Å²) < 4.78 is 1.33. The second-order valence-corrected chi connectivity index (χ2v) is 7.74. The number of carbonyl (C=O) groups excluding carboxylic acids is 1. The van der Waals surface area contributed by atoms with E-state index < -0.39 is 11.2 Å². The molecule has 8 heteroatoms. The Bertz CT molecular complexity index is 1010. The van der Waals surface area contributed by atoms with Crippen molar-refractivity contribution in [3.63, 3.8) is 0 Å². The molecule has 1 amide bonds. The molecule has 2 rings (SSSR count). The standard InChI is InChI=1S/C22H33N5O3/c1-6-8-11-27-20(23)19(21(29)24-22(27)30)26(7-2)18(28)14-25(5)13-17-10-9-15(3)12-16(17)4/h9-10,12H,6-8,11,13-14,23H2,1-5H3,(H,24,29,30). The Balaban J connectivity index is 2.25. The molecule has 8 nitrogen and oxygen atoms in total. The van der Waals surface area contributed by atoms with Gasteiger partial charge in [-0.15, -0.1) is 0 Å². The third kappa shape index (κ3) is 5.38. The number of amides is 1. The summed E-state index contributed by atoms with van der Waals surface area (Å²) in [6.07, 6.45) is 1.62. The monoisotopic (exact) mass is 415 g/mol. The minimum Gasteiger partial charge on any atom is -0.383 e. The molecule has 0 atom stereocenters. The van der Waals surface area contributed by atoms with Crippen molar-refractivity contribution in [1.82, 2.24) is 14.5 Å². The van der Waals surface area contributed by atoms with E-state index in [1.54, 1.807) is 6.92 Å². The number of nitrogens with one attached hydrogen (secondary N) is 1. The zero-order chi connectivity index (χ0) is 22.4. The Morgan fingerprint density at radius 2 is 1.90 bits per heavy atom. The minimum atomic E-state index is -0.641. The van der Waals surface area contributed by atoms with Crippen LogP contribution in [0.5, 0.6) is 0 Å². The molecule has 1 aromatic carbocycles. The quantitative estimate of drug-likeness (QED) is 0.652. The van der Waals surface area contributed by atoms with Crippen LogP contribution >= 0.6 is 0 Å². The van der Waals surface area contributed by atoms with Crippen molar-refractivity contribution in [3.05, 3.63) is 55.7 Å². The van der Waals surface area contributed by atoms with Crippen LogP contribution in [0.25, 0.3) is 0 Å². The first-order valence-corrected chi connectivity index (χ1v) is 10.4. The first-order valence-electron chi connectivity index (χ1n) is 10.4. The van der Waals surface area contributed by atoms with Crippen LogP contribution in [0, 0.1) is 13.8 Å². The predicted octanol–water partition coefficient (Wildman–Crippen LogP) is 2.02. The van der Waals surface area contributed by atoms with Crippen molar-refractivity contribution in [3.8, 4) is 0 Å². The SMILES string of the molecule is CCCCn1c(N)c(N(CC)C(=O)CN(C)Cc2ccc(C)cc2C)c(=O)[nH]c1=O. The number of H-pyrrole nitrogens is 1. The molecule has 0 aliphatic carbocycles. The lowest BCUT2D eigenvalue weighted by molar-refractivity contribution is -0.119. The zero-order valence-corrected chi connectivity index (χ0v) is 18.6. The molecule has 0 unspecified atom stereocenters. The maximum atomic E-state index is 13.0. The maximum absolute atomic E-state index is 13.0. The highest BCUT2D eigenvalue weighted by molar-refractivity contribution is 5.96. The lowest BCUT2D eigenvalue weighted by Gasteiger charge is -2.26. The van der Waals surface area contributed by atoms with Crippen LogP contribution in [0.3, 0.4) is 0 Å². The summed E-state index contributed by atoms with van der Waals surface area (Å²) in [5.41, 5.74) is 8.52. The average molecular weight is 416 g/mol. The number of hydrogen-bond donors (Lipinski definition) is 2. The number of nitrogens with zero attached hydrogens (tertiary/aromatic N) is 3. The van der Waals surface area contributed by atoms with Crippen molar-refractivity contribution in [2.45, 2.75) is 53.6 Å². The van der Waals surface area contributed by atoms with Crippen LogP contribution in [0.4, 0.5) is 11.5 Å². The molecule has 0 aliphatic heterocycles. The highest BCUT2D eigenvalue weighted by Crippen LogP contribution is 2.18. The minimum absolute atomic E-state index is 0.0319. The molecular weight excluding hydrogens is 382 g/mol. The van der Waals surface area contributed by atoms with Gasteiger partial charge in [-0.25, -0.2) is 4.79 Å². The second-order valence-electron chi connectivity index (χ2n) is 7.74. The number of anilines is 2. The number of rotatable bonds is 9. The number of benzene rings is 1. The van der Waals surface area contributed by atoms with Gasteiger partial charge in [0.05, 0.1) is 6.54 Å². The van der Waals surface area contributed by atoms with E-state index >= 15 is 0 Å². The molecule has 0 bridgehead atoms. The van der Waals surface area contributed by atoms with Gasteiger partial charge in [0.2, 0.25) is 5.91 Å². The second kappa shape index (κ2) is 10.2. The van der Waals surface area contributed by atoms with E-state index in [1.165, 1.54) is 20.6 Å². The number of hydrogen-bond acceptors (Lipinski definition) is 5. The van der Waals surface area contributed by atoms with Gasteiger partial charge in [0.25, 0.3) is 5.56 Å². The topological polar surface area (TPSA) is 104 Å². The number of unbranched alkanes of at least 4 members (excludes halogenated alkanes) is 1. The molecule has 1 aromatic heterocycles. The fourth-order valence-electron chi connectivity index (χ4n) is 3.52. The third-order valence-electron chi connectivity index (χ3n) is 5.18. The van der Waals surface area contributed by atoms with Crippen molar-refractivity contribution < 1.29 is 4.79 Å². The average Bonchev–Trinajstić information content (AvgIpc) is 2.66. The number of aryl methyl sites for hydroxylation is 2. The molecule has 30 heavy (non-hydrogen) atoms. The molecule has 1 heterocycles. The number of aromatic amines is 1. The van der Waals surface area contributed by atoms with Gasteiger partial charge in [-0.1, -0.05) is 37.1 Å². The Kier molecular flexibility index (Phi) is 8.00. The van der Waals surface area contributed by atoms with Gasteiger partial charge in [-0.2, -0.15) is 0 Å². The van der Waals surface area contributed by atoms with Gasteiger partial charge in [0.1, 0.15) is 5.82 Å². The summed E-state index contributed by atoms with van der Waals surface area (Å²) in [7, 11) is 1.86. The van der Waals surface area contributed by atoms with Crippen molar-refractivity contribution >= 4 is 17.4 Å². The van der Waals surface area contributed by atoms with E-state index in [4.69, 9.17) is 5.73 Å².